The number of carbonyl (C=O) groups excluding carboxylic acids is 1. The summed E-state index contributed by atoms with van der Waals surface area (Å²) >= 11 is 1.24. The molecule has 0 unspecified atom stereocenters. The molecule has 0 spiro atoms. The minimum Gasteiger partial charge on any atom is -0.496 e. The van der Waals surface area contributed by atoms with Gasteiger partial charge in [0, 0.05) is 29.7 Å². The molecule has 0 radical (unpaired) electrons. The Morgan fingerprint density at radius 2 is 1.82 bits per heavy atom. The van der Waals surface area contributed by atoms with Gasteiger partial charge in [-0.15, -0.1) is 0 Å². The molecule has 4 aromatic heterocycles. The topological polar surface area (TPSA) is 116 Å². The van der Waals surface area contributed by atoms with E-state index >= 15 is 0 Å². The third kappa shape index (κ3) is 4.11. The number of ether oxygens (including phenoxy) is 1. The van der Waals surface area contributed by atoms with Crippen LogP contribution in [0.15, 0.2) is 61.2 Å². The Bertz CT molecular complexity index is 1470. The van der Waals surface area contributed by atoms with E-state index < -0.39 is 0 Å². The highest BCUT2D eigenvalue weighted by atomic mass is 32.1. The predicted octanol–water partition coefficient (Wildman–Crippen LogP) is 4.17. The van der Waals surface area contributed by atoms with Crippen LogP contribution >= 0.6 is 11.3 Å². The first kappa shape index (κ1) is 20.6. The number of aryl methyl sites for hydroxylation is 1. The van der Waals surface area contributed by atoms with Gasteiger partial charge in [0.2, 0.25) is 0 Å². The highest BCUT2D eigenvalue weighted by Gasteiger charge is 2.20. The Hall–Kier alpha value is -4.31. The summed E-state index contributed by atoms with van der Waals surface area (Å²) in [5.74, 6) is 0.774. The average molecular weight is 456 g/mol. The number of methoxy groups -OCH3 is 1. The van der Waals surface area contributed by atoms with E-state index in [9.17, 15) is 4.79 Å². The van der Waals surface area contributed by atoms with E-state index in [0.717, 1.165) is 5.56 Å². The monoisotopic (exact) mass is 455 g/mol. The van der Waals surface area contributed by atoms with Crippen molar-refractivity contribution < 1.29 is 9.53 Å². The lowest BCUT2D eigenvalue weighted by Crippen LogP contribution is -2.15. The van der Waals surface area contributed by atoms with E-state index in [-0.39, 0.29) is 5.91 Å². The van der Waals surface area contributed by atoms with Crippen molar-refractivity contribution in [3.05, 3.63) is 72.6 Å². The molecule has 5 aromatic rings. The Morgan fingerprint density at radius 3 is 2.64 bits per heavy atom. The fourth-order valence-electron chi connectivity index (χ4n) is 3.28. The van der Waals surface area contributed by atoms with Crippen LogP contribution in [0.5, 0.6) is 5.75 Å². The molecule has 9 nitrogen and oxygen atoms in total. The van der Waals surface area contributed by atoms with Gasteiger partial charge in [-0.3, -0.25) is 15.1 Å². The van der Waals surface area contributed by atoms with Gasteiger partial charge in [-0.05, 0) is 31.2 Å². The number of hydrogen-bond acceptors (Lipinski definition) is 9. The van der Waals surface area contributed by atoms with Crippen molar-refractivity contribution in [1.82, 2.24) is 29.9 Å². The first-order chi connectivity index (χ1) is 16.1. The summed E-state index contributed by atoms with van der Waals surface area (Å²) in [6, 6.07) is 11.1. The van der Waals surface area contributed by atoms with E-state index in [1.807, 2.05) is 36.4 Å². The quantitative estimate of drug-likeness (QED) is 0.420. The molecule has 0 aliphatic heterocycles. The normalized spacial score (nSPS) is 10.8. The van der Waals surface area contributed by atoms with Gasteiger partial charge < -0.3 is 4.74 Å². The average Bonchev–Trinajstić information content (AvgIpc) is 3.25. The van der Waals surface area contributed by atoms with Crippen LogP contribution in [-0.4, -0.2) is 42.9 Å². The minimum atomic E-state index is -0.385. The Kier molecular flexibility index (Phi) is 5.41. The number of rotatable bonds is 5. The molecule has 0 bridgehead atoms. The fourth-order valence-corrected chi connectivity index (χ4v) is 4.08. The first-order valence-corrected chi connectivity index (χ1v) is 10.8. The highest BCUT2D eigenvalue weighted by molar-refractivity contribution is 7.21. The van der Waals surface area contributed by atoms with Gasteiger partial charge in [0.25, 0.3) is 5.91 Å². The second-order valence-corrected chi connectivity index (χ2v) is 7.95. The molecule has 1 amide bonds. The Balaban J connectivity index is 1.48. The lowest BCUT2D eigenvalue weighted by atomic mass is 10.1. The third-order valence-electron chi connectivity index (χ3n) is 4.84. The summed E-state index contributed by atoms with van der Waals surface area (Å²) in [7, 11) is 1.58. The summed E-state index contributed by atoms with van der Waals surface area (Å²) in [6.07, 6.45) is 6.55. The van der Waals surface area contributed by atoms with Crippen molar-refractivity contribution in [3.63, 3.8) is 0 Å². The van der Waals surface area contributed by atoms with E-state index in [4.69, 9.17) is 4.74 Å². The van der Waals surface area contributed by atoms with Crippen molar-refractivity contribution in [2.45, 2.75) is 6.92 Å². The Labute approximate surface area is 192 Å². The lowest BCUT2D eigenvalue weighted by Gasteiger charge is -2.12. The standard InChI is InChI=1S/C23H17N7O2S/c1-13-25-11-16(19(27-13)15-5-3-4-6-18(15)32-2)21(31)30-23-29-20-22(33-23)28-17(12-26-20)14-7-9-24-10-8-14/h3-12H,1-2H3,(H,26,29,30,31). The van der Waals surface area contributed by atoms with Crippen LogP contribution in [0.3, 0.4) is 0 Å². The molecule has 0 aliphatic carbocycles. The van der Waals surface area contributed by atoms with Crippen LogP contribution < -0.4 is 10.1 Å². The molecule has 0 atom stereocenters. The minimum absolute atomic E-state index is 0.308. The van der Waals surface area contributed by atoms with E-state index in [1.54, 1.807) is 32.6 Å². The molecule has 0 aliphatic rings. The number of amides is 1. The second kappa shape index (κ2) is 8.67. The summed E-state index contributed by atoms with van der Waals surface area (Å²) < 4.78 is 5.46. The lowest BCUT2D eigenvalue weighted by molar-refractivity contribution is 0.102. The maximum atomic E-state index is 13.2. The van der Waals surface area contributed by atoms with Crippen molar-refractivity contribution in [1.29, 1.82) is 0 Å². The van der Waals surface area contributed by atoms with Crippen molar-refractivity contribution in [2.24, 2.45) is 0 Å². The number of fused-ring (bicyclic) bond motifs is 1. The zero-order valence-corrected chi connectivity index (χ0v) is 18.5. The molecule has 4 heterocycles. The molecule has 1 aromatic carbocycles. The number of para-hydroxylation sites is 1. The van der Waals surface area contributed by atoms with Crippen LogP contribution in [0.2, 0.25) is 0 Å². The number of thiazole rings is 1. The molecule has 0 saturated heterocycles. The van der Waals surface area contributed by atoms with Gasteiger partial charge in [0.1, 0.15) is 11.6 Å². The molecule has 0 saturated carbocycles. The van der Waals surface area contributed by atoms with Crippen molar-refractivity contribution in [2.75, 3.05) is 12.4 Å². The van der Waals surface area contributed by atoms with Gasteiger partial charge in [0.05, 0.1) is 30.3 Å². The van der Waals surface area contributed by atoms with Crippen LogP contribution in [0.1, 0.15) is 16.2 Å². The smallest absolute Gasteiger partial charge is 0.261 e. The summed E-state index contributed by atoms with van der Waals surface area (Å²) in [4.78, 5) is 39.9. The number of benzene rings is 1. The number of carbonyl (C=O) groups is 1. The molecule has 33 heavy (non-hydrogen) atoms. The third-order valence-corrected chi connectivity index (χ3v) is 5.69. The van der Waals surface area contributed by atoms with Crippen LogP contribution in [0.4, 0.5) is 5.13 Å². The maximum absolute atomic E-state index is 13.2. The van der Waals surface area contributed by atoms with E-state index in [2.05, 4.69) is 35.2 Å². The number of nitrogens with one attached hydrogen (secondary N) is 1. The van der Waals surface area contributed by atoms with Gasteiger partial charge in [-0.1, -0.05) is 23.5 Å². The summed E-state index contributed by atoms with van der Waals surface area (Å²) in [6.45, 7) is 1.77. The van der Waals surface area contributed by atoms with Gasteiger partial charge in [-0.2, -0.15) is 4.98 Å². The zero-order chi connectivity index (χ0) is 22.8. The maximum Gasteiger partial charge on any atom is 0.261 e. The van der Waals surface area contributed by atoms with E-state index in [1.165, 1.54) is 17.5 Å². The van der Waals surface area contributed by atoms with Crippen LogP contribution in [-0.2, 0) is 0 Å². The molecule has 162 valence electrons. The Morgan fingerprint density at radius 1 is 1.00 bits per heavy atom. The molecule has 10 heteroatoms. The molecule has 1 N–H and O–H groups in total. The number of nitrogens with zero attached hydrogens (tertiary/aromatic N) is 6. The second-order valence-electron chi connectivity index (χ2n) is 6.97. The molecule has 0 fully saturated rings. The van der Waals surface area contributed by atoms with Crippen molar-refractivity contribution in [3.8, 4) is 28.3 Å². The number of pyridine rings is 1. The van der Waals surface area contributed by atoms with Gasteiger partial charge in [0.15, 0.2) is 15.6 Å². The molecular formula is C23H17N7O2S. The number of aromatic nitrogens is 6. The van der Waals surface area contributed by atoms with Crippen molar-refractivity contribution >= 4 is 32.9 Å². The van der Waals surface area contributed by atoms with E-state index in [0.29, 0.717) is 49.7 Å². The molecule has 5 rings (SSSR count). The van der Waals surface area contributed by atoms with Gasteiger partial charge >= 0.3 is 0 Å². The number of anilines is 1. The zero-order valence-electron chi connectivity index (χ0n) is 17.7. The first-order valence-electron chi connectivity index (χ1n) is 9.95. The summed E-state index contributed by atoms with van der Waals surface area (Å²) in [5.41, 5.74) is 3.55. The predicted molar refractivity (Wildman–Crippen MR) is 125 cm³/mol. The molecular weight excluding hydrogens is 438 g/mol. The highest BCUT2D eigenvalue weighted by Crippen LogP contribution is 2.31. The van der Waals surface area contributed by atoms with Gasteiger partial charge in [-0.25, -0.2) is 19.9 Å². The van der Waals surface area contributed by atoms with Crippen LogP contribution in [0.25, 0.3) is 33.0 Å². The largest absolute Gasteiger partial charge is 0.496 e. The van der Waals surface area contributed by atoms with Crippen LogP contribution in [0, 0.1) is 6.92 Å². The fraction of sp³-hybridized carbons (Fsp3) is 0.0870. The SMILES string of the molecule is COc1ccccc1-c1nc(C)ncc1C(=O)Nc1nc2ncc(-c3ccncc3)nc2s1. The summed E-state index contributed by atoms with van der Waals surface area (Å²) in [5, 5.41) is 3.21. The number of hydrogen-bond donors (Lipinski definition) is 1.